The second-order valence-corrected chi connectivity index (χ2v) is 5.50. The third-order valence-corrected chi connectivity index (χ3v) is 3.72. The molecule has 1 aromatic rings. The van der Waals surface area contributed by atoms with E-state index < -0.39 is 4.92 Å². The molecule has 1 aliphatic heterocycles. The minimum atomic E-state index is -0.418. The molecule has 0 atom stereocenters. The highest BCUT2D eigenvalue weighted by atomic mass is 32.1. The van der Waals surface area contributed by atoms with Crippen LogP contribution in [-0.4, -0.2) is 41.1 Å². The molecule has 1 aromatic carbocycles. The molecular formula is C14H20N4O2S. The zero-order valence-corrected chi connectivity index (χ0v) is 12.7. The van der Waals surface area contributed by atoms with Gasteiger partial charge in [0.1, 0.15) is 0 Å². The van der Waals surface area contributed by atoms with Crippen LogP contribution in [0.25, 0.3) is 0 Å². The maximum absolute atomic E-state index is 10.6. The van der Waals surface area contributed by atoms with Crippen LogP contribution in [0, 0.1) is 10.1 Å². The Kier molecular flexibility index (Phi) is 5.89. The first-order chi connectivity index (χ1) is 10.1. The summed E-state index contributed by atoms with van der Waals surface area (Å²) in [6.45, 7) is 4.36. The number of nitro benzene ring substituents is 1. The fraction of sp³-hybridized carbons (Fsp3) is 0.500. The number of hydrogen-bond acceptors (Lipinski definition) is 4. The van der Waals surface area contributed by atoms with E-state index in [1.54, 1.807) is 12.1 Å². The van der Waals surface area contributed by atoms with Gasteiger partial charge < -0.3 is 15.5 Å². The molecule has 0 radical (unpaired) electrons. The van der Waals surface area contributed by atoms with Gasteiger partial charge in [-0.1, -0.05) is 0 Å². The van der Waals surface area contributed by atoms with Crippen molar-refractivity contribution in [2.24, 2.45) is 0 Å². The molecule has 2 N–H and O–H groups in total. The highest BCUT2D eigenvalue weighted by Crippen LogP contribution is 2.15. The number of rotatable bonds is 6. The Labute approximate surface area is 129 Å². The summed E-state index contributed by atoms with van der Waals surface area (Å²) in [5.41, 5.74) is 0.822. The van der Waals surface area contributed by atoms with E-state index >= 15 is 0 Å². The molecule has 1 saturated heterocycles. The van der Waals surface area contributed by atoms with E-state index in [9.17, 15) is 10.1 Å². The predicted octanol–water partition coefficient (Wildman–Crippen LogP) is 2.37. The van der Waals surface area contributed by atoms with E-state index in [1.165, 1.54) is 38.1 Å². The standard InChI is InChI=1S/C14H20N4O2S/c19-18(20)13-6-4-12(5-7-13)16-14(21)15-8-3-11-17-9-1-2-10-17/h4-7H,1-3,8-11H2,(H2,15,16,21). The minimum Gasteiger partial charge on any atom is -0.362 e. The molecule has 1 fully saturated rings. The minimum absolute atomic E-state index is 0.0741. The Morgan fingerprint density at radius 2 is 1.95 bits per heavy atom. The molecule has 1 aliphatic rings. The van der Waals surface area contributed by atoms with Crippen molar-refractivity contribution in [1.29, 1.82) is 0 Å². The van der Waals surface area contributed by atoms with Gasteiger partial charge in [0.15, 0.2) is 5.11 Å². The lowest BCUT2D eigenvalue weighted by Crippen LogP contribution is -2.31. The number of benzene rings is 1. The molecule has 1 heterocycles. The Morgan fingerprint density at radius 1 is 1.29 bits per heavy atom. The Balaban J connectivity index is 1.65. The van der Waals surface area contributed by atoms with Crippen molar-refractivity contribution in [3.05, 3.63) is 34.4 Å². The van der Waals surface area contributed by atoms with Crippen LogP contribution in [0.3, 0.4) is 0 Å². The molecule has 21 heavy (non-hydrogen) atoms. The summed E-state index contributed by atoms with van der Waals surface area (Å²) in [6, 6.07) is 6.21. The molecule has 7 heteroatoms. The van der Waals surface area contributed by atoms with Crippen LogP contribution in [0.15, 0.2) is 24.3 Å². The summed E-state index contributed by atoms with van der Waals surface area (Å²) in [7, 11) is 0. The number of non-ortho nitro benzene ring substituents is 1. The summed E-state index contributed by atoms with van der Waals surface area (Å²) in [5, 5.41) is 17.3. The van der Waals surface area contributed by atoms with Crippen molar-refractivity contribution < 1.29 is 4.92 Å². The molecule has 0 aliphatic carbocycles. The monoisotopic (exact) mass is 308 g/mol. The largest absolute Gasteiger partial charge is 0.362 e. The summed E-state index contributed by atoms with van der Waals surface area (Å²) in [6.07, 6.45) is 3.68. The number of anilines is 1. The van der Waals surface area contributed by atoms with Gasteiger partial charge in [-0.3, -0.25) is 10.1 Å². The van der Waals surface area contributed by atoms with E-state index in [2.05, 4.69) is 15.5 Å². The molecule has 114 valence electrons. The smallest absolute Gasteiger partial charge is 0.269 e. The average molecular weight is 308 g/mol. The van der Waals surface area contributed by atoms with Crippen molar-refractivity contribution in [2.45, 2.75) is 19.3 Å². The van der Waals surface area contributed by atoms with Gasteiger partial charge in [0.05, 0.1) is 4.92 Å². The summed E-state index contributed by atoms with van der Waals surface area (Å²) < 4.78 is 0. The van der Waals surface area contributed by atoms with Crippen LogP contribution in [0.5, 0.6) is 0 Å². The van der Waals surface area contributed by atoms with Gasteiger partial charge in [-0.05, 0) is 63.2 Å². The van der Waals surface area contributed by atoms with Crippen LogP contribution in [-0.2, 0) is 0 Å². The lowest BCUT2D eigenvalue weighted by molar-refractivity contribution is -0.384. The third-order valence-electron chi connectivity index (χ3n) is 3.47. The first-order valence-electron chi connectivity index (χ1n) is 7.17. The summed E-state index contributed by atoms with van der Waals surface area (Å²) in [5.74, 6) is 0. The van der Waals surface area contributed by atoms with Crippen LogP contribution >= 0.6 is 12.2 Å². The number of likely N-dealkylation sites (tertiary alicyclic amines) is 1. The number of nitrogens with one attached hydrogen (secondary N) is 2. The second kappa shape index (κ2) is 7.90. The normalized spacial score (nSPS) is 14.9. The molecule has 0 saturated carbocycles. The van der Waals surface area contributed by atoms with Gasteiger partial charge in [0.25, 0.3) is 5.69 Å². The first kappa shape index (κ1) is 15.7. The third kappa shape index (κ3) is 5.28. The highest BCUT2D eigenvalue weighted by molar-refractivity contribution is 7.80. The lowest BCUT2D eigenvalue weighted by atomic mass is 10.3. The fourth-order valence-corrected chi connectivity index (χ4v) is 2.57. The van der Waals surface area contributed by atoms with E-state index in [0.717, 1.165) is 25.2 Å². The lowest BCUT2D eigenvalue weighted by Gasteiger charge is -2.15. The van der Waals surface area contributed by atoms with Crippen molar-refractivity contribution in [3.63, 3.8) is 0 Å². The van der Waals surface area contributed by atoms with Crippen molar-refractivity contribution >= 4 is 28.7 Å². The zero-order chi connectivity index (χ0) is 15.1. The topological polar surface area (TPSA) is 70.4 Å². The first-order valence-corrected chi connectivity index (χ1v) is 7.57. The summed E-state index contributed by atoms with van der Waals surface area (Å²) >= 11 is 5.20. The van der Waals surface area contributed by atoms with Crippen LogP contribution in [0.1, 0.15) is 19.3 Å². The molecule has 2 rings (SSSR count). The molecule has 0 aromatic heterocycles. The molecule has 6 nitrogen and oxygen atoms in total. The zero-order valence-electron chi connectivity index (χ0n) is 11.9. The number of hydrogen-bond donors (Lipinski definition) is 2. The van der Waals surface area contributed by atoms with Gasteiger partial charge in [-0.25, -0.2) is 0 Å². The molecule has 0 spiro atoms. The Hall–Kier alpha value is -1.73. The van der Waals surface area contributed by atoms with Crippen LogP contribution < -0.4 is 10.6 Å². The number of thiocarbonyl (C=S) groups is 1. The predicted molar refractivity (Wildman–Crippen MR) is 87.6 cm³/mol. The fourth-order valence-electron chi connectivity index (χ4n) is 2.35. The van der Waals surface area contributed by atoms with E-state index in [-0.39, 0.29) is 5.69 Å². The Morgan fingerprint density at radius 3 is 2.57 bits per heavy atom. The van der Waals surface area contributed by atoms with Gasteiger partial charge in [-0.2, -0.15) is 0 Å². The highest BCUT2D eigenvalue weighted by Gasteiger charge is 2.10. The second-order valence-electron chi connectivity index (χ2n) is 5.09. The number of nitrogens with zero attached hydrogens (tertiary/aromatic N) is 2. The van der Waals surface area contributed by atoms with E-state index in [4.69, 9.17) is 12.2 Å². The molecule has 0 unspecified atom stereocenters. The van der Waals surface area contributed by atoms with Crippen LogP contribution in [0.2, 0.25) is 0 Å². The van der Waals surface area contributed by atoms with Gasteiger partial charge in [0.2, 0.25) is 0 Å². The maximum Gasteiger partial charge on any atom is 0.269 e. The van der Waals surface area contributed by atoms with E-state index in [1.807, 2.05) is 0 Å². The van der Waals surface area contributed by atoms with Crippen molar-refractivity contribution in [1.82, 2.24) is 10.2 Å². The Bertz CT molecular complexity index is 486. The van der Waals surface area contributed by atoms with Crippen molar-refractivity contribution in [3.8, 4) is 0 Å². The van der Waals surface area contributed by atoms with Gasteiger partial charge in [0, 0.05) is 24.4 Å². The summed E-state index contributed by atoms with van der Waals surface area (Å²) in [4.78, 5) is 12.6. The SMILES string of the molecule is O=[N+]([O-])c1ccc(NC(=S)NCCCN2CCCC2)cc1. The molecule has 0 bridgehead atoms. The van der Waals surface area contributed by atoms with Crippen molar-refractivity contribution in [2.75, 3.05) is 31.5 Å². The van der Waals surface area contributed by atoms with Crippen LogP contribution in [0.4, 0.5) is 11.4 Å². The number of nitro groups is 1. The van der Waals surface area contributed by atoms with Gasteiger partial charge in [-0.15, -0.1) is 0 Å². The molecule has 0 amide bonds. The van der Waals surface area contributed by atoms with E-state index in [0.29, 0.717) is 5.11 Å². The average Bonchev–Trinajstić information content (AvgIpc) is 2.97. The quantitative estimate of drug-likeness (QED) is 0.364. The van der Waals surface area contributed by atoms with Gasteiger partial charge >= 0.3 is 0 Å². The maximum atomic E-state index is 10.6. The molecular weight excluding hydrogens is 288 g/mol.